The van der Waals surface area contributed by atoms with Crippen LogP contribution in [0.3, 0.4) is 0 Å². The van der Waals surface area contributed by atoms with Crippen LogP contribution in [-0.2, 0) is 16.8 Å². The summed E-state index contributed by atoms with van der Waals surface area (Å²) in [5, 5.41) is 0. The fraction of sp³-hybridized carbons (Fsp3) is 0.571. The summed E-state index contributed by atoms with van der Waals surface area (Å²) in [7, 11) is 0. The summed E-state index contributed by atoms with van der Waals surface area (Å²) in [6.07, 6.45) is 4.85. The third-order valence-corrected chi connectivity index (χ3v) is 4.91. The maximum atomic E-state index is 6.10. The lowest BCUT2D eigenvalue weighted by atomic mass is 9.76. The quantitative estimate of drug-likeness (QED) is 0.913. The summed E-state index contributed by atoms with van der Waals surface area (Å²) < 4.78 is 12.2. The molecule has 0 unspecified atom stereocenters. The van der Waals surface area contributed by atoms with Crippen molar-refractivity contribution in [1.29, 1.82) is 0 Å². The number of ether oxygens (including phenoxy) is 2. The Bertz CT molecular complexity index is 455. The number of halogens is 1. The molecule has 3 nitrogen and oxygen atoms in total. The topological polar surface area (TPSA) is 44.5 Å². The predicted octanol–water partition coefficient (Wildman–Crippen LogP) is 3.09. The second-order valence-corrected chi connectivity index (χ2v) is 6.06. The monoisotopic (exact) mass is 311 g/mol. The molecule has 18 heavy (non-hydrogen) atoms. The summed E-state index contributed by atoms with van der Waals surface area (Å²) in [6, 6.07) is 4.10. The van der Waals surface area contributed by atoms with Crippen LogP contribution >= 0.6 is 15.9 Å². The molecule has 4 heteroatoms. The van der Waals surface area contributed by atoms with Crippen LogP contribution in [0.25, 0.3) is 0 Å². The Morgan fingerprint density at radius 3 is 2.78 bits per heavy atom. The Morgan fingerprint density at radius 1 is 1.28 bits per heavy atom. The van der Waals surface area contributed by atoms with Gasteiger partial charge in [-0.05, 0) is 30.5 Å². The zero-order valence-electron chi connectivity index (χ0n) is 10.4. The van der Waals surface area contributed by atoms with E-state index in [1.807, 2.05) is 6.07 Å². The number of hydrogen-bond donors (Lipinski definition) is 1. The molecule has 0 spiro atoms. The molecular formula is C14H18BrNO2. The van der Waals surface area contributed by atoms with Crippen LogP contribution in [0.1, 0.15) is 36.8 Å². The highest BCUT2D eigenvalue weighted by molar-refractivity contribution is 9.10. The van der Waals surface area contributed by atoms with Crippen molar-refractivity contribution in [2.75, 3.05) is 13.3 Å². The molecule has 0 saturated heterocycles. The highest BCUT2D eigenvalue weighted by Gasteiger charge is 2.38. The first-order chi connectivity index (χ1) is 8.77. The highest BCUT2D eigenvalue weighted by Crippen LogP contribution is 2.47. The van der Waals surface area contributed by atoms with Crippen molar-refractivity contribution >= 4 is 15.9 Å². The number of nitrogens with two attached hydrogens (primary N) is 1. The SMILES string of the molecule is NCC1(c2c(Br)ccc3c2COCO3)CCCC1. The average Bonchev–Trinajstić information content (AvgIpc) is 2.88. The third-order valence-electron chi connectivity index (χ3n) is 4.24. The van der Waals surface area contributed by atoms with Crippen molar-refractivity contribution in [3.05, 3.63) is 27.7 Å². The average molecular weight is 312 g/mol. The highest BCUT2D eigenvalue weighted by atomic mass is 79.9. The number of hydrogen-bond acceptors (Lipinski definition) is 3. The van der Waals surface area contributed by atoms with E-state index in [1.54, 1.807) is 0 Å². The Labute approximate surface area is 116 Å². The van der Waals surface area contributed by atoms with E-state index in [1.165, 1.54) is 36.8 Å². The van der Waals surface area contributed by atoms with Crippen LogP contribution in [0.5, 0.6) is 5.75 Å². The zero-order valence-corrected chi connectivity index (χ0v) is 12.0. The molecule has 0 aromatic heterocycles. The van der Waals surface area contributed by atoms with E-state index < -0.39 is 0 Å². The smallest absolute Gasteiger partial charge is 0.189 e. The van der Waals surface area contributed by atoms with Gasteiger partial charge in [0, 0.05) is 22.0 Å². The van der Waals surface area contributed by atoms with Crippen molar-refractivity contribution in [3.8, 4) is 5.75 Å². The molecule has 98 valence electrons. The lowest BCUT2D eigenvalue weighted by molar-refractivity contribution is -0.0174. The summed E-state index contributed by atoms with van der Waals surface area (Å²) in [4.78, 5) is 0. The van der Waals surface area contributed by atoms with Gasteiger partial charge in [0.25, 0.3) is 0 Å². The molecule has 1 aromatic rings. The van der Waals surface area contributed by atoms with E-state index >= 15 is 0 Å². The van der Waals surface area contributed by atoms with Gasteiger partial charge in [0.05, 0.1) is 6.61 Å². The number of rotatable bonds is 2. The van der Waals surface area contributed by atoms with Crippen molar-refractivity contribution in [3.63, 3.8) is 0 Å². The van der Waals surface area contributed by atoms with E-state index in [4.69, 9.17) is 15.2 Å². The van der Waals surface area contributed by atoms with E-state index in [-0.39, 0.29) is 5.41 Å². The Kier molecular flexibility index (Phi) is 3.34. The number of benzene rings is 1. The minimum Gasteiger partial charge on any atom is -0.467 e. The second kappa shape index (κ2) is 4.83. The molecule has 3 rings (SSSR count). The van der Waals surface area contributed by atoms with E-state index in [0.29, 0.717) is 19.9 Å². The third kappa shape index (κ3) is 1.87. The largest absolute Gasteiger partial charge is 0.467 e. The second-order valence-electron chi connectivity index (χ2n) is 5.20. The fourth-order valence-electron chi connectivity index (χ4n) is 3.31. The van der Waals surface area contributed by atoms with Gasteiger partial charge in [0.2, 0.25) is 0 Å². The van der Waals surface area contributed by atoms with Gasteiger partial charge in [-0.25, -0.2) is 0 Å². The Balaban J connectivity index is 2.15. The standard InChI is InChI=1S/C14H18BrNO2/c15-11-3-4-12-10(7-17-9-18-12)13(11)14(8-16)5-1-2-6-14/h3-4H,1-2,5-9,16H2. The molecule has 1 aliphatic heterocycles. The van der Waals surface area contributed by atoms with Crippen LogP contribution in [0.2, 0.25) is 0 Å². The van der Waals surface area contributed by atoms with Crippen LogP contribution in [0, 0.1) is 0 Å². The molecule has 1 aromatic carbocycles. The van der Waals surface area contributed by atoms with Gasteiger partial charge in [-0.3, -0.25) is 0 Å². The normalized spacial score (nSPS) is 21.4. The van der Waals surface area contributed by atoms with Crippen molar-refractivity contribution in [2.24, 2.45) is 5.73 Å². The maximum Gasteiger partial charge on any atom is 0.189 e. The first-order valence-electron chi connectivity index (χ1n) is 6.49. The van der Waals surface area contributed by atoms with Crippen molar-refractivity contribution in [1.82, 2.24) is 0 Å². The van der Waals surface area contributed by atoms with Gasteiger partial charge >= 0.3 is 0 Å². The Hall–Kier alpha value is -0.580. The maximum absolute atomic E-state index is 6.10. The van der Waals surface area contributed by atoms with Crippen molar-refractivity contribution in [2.45, 2.75) is 37.7 Å². The van der Waals surface area contributed by atoms with Crippen LogP contribution in [0.15, 0.2) is 16.6 Å². The van der Waals surface area contributed by atoms with Crippen LogP contribution < -0.4 is 10.5 Å². The molecule has 2 N–H and O–H groups in total. The first kappa shape index (κ1) is 12.5. The molecule has 1 aliphatic carbocycles. The minimum atomic E-state index is 0.105. The zero-order chi connectivity index (χ0) is 12.6. The minimum absolute atomic E-state index is 0.105. The van der Waals surface area contributed by atoms with Gasteiger partial charge in [-0.1, -0.05) is 28.8 Å². The van der Waals surface area contributed by atoms with Gasteiger partial charge in [0.15, 0.2) is 6.79 Å². The Morgan fingerprint density at radius 2 is 2.06 bits per heavy atom. The summed E-state index contributed by atoms with van der Waals surface area (Å²) in [5.41, 5.74) is 8.71. The molecular weight excluding hydrogens is 294 g/mol. The molecule has 2 aliphatic rings. The summed E-state index contributed by atoms with van der Waals surface area (Å²) >= 11 is 3.69. The molecule has 0 bridgehead atoms. The van der Waals surface area contributed by atoms with E-state index in [0.717, 1.165) is 10.2 Å². The van der Waals surface area contributed by atoms with E-state index in [2.05, 4.69) is 22.0 Å². The lowest BCUT2D eigenvalue weighted by Crippen LogP contribution is -2.34. The van der Waals surface area contributed by atoms with E-state index in [9.17, 15) is 0 Å². The van der Waals surface area contributed by atoms with Crippen LogP contribution in [0.4, 0.5) is 0 Å². The van der Waals surface area contributed by atoms with Crippen molar-refractivity contribution < 1.29 is 9.47 Å². The number of fused-ring (bicyclic) bond motifs is 1. The molecule has 0 atom stereocenters. The molecule has 0 amide bonds. The van der Waals surface area contributed by atoms with Gasteiger partial charge in [-0.15, -0.1) is 0 Å². The molecule has 1 saturated carbocycles. The first-order valence-corrected chi connectivity index (χ1v) is 7.29. The molecule has 0 radical (unpaired) electrons. The van der Waals surface area contributed by atoms with Gasteiger partial charge in [-0.2, -0.15) is 0 Å². The summed E-state index contributed by atoms with van der Waals surface area (Å²) in [6.45, 7) is 1.68. The fourth-order valence-corrected chi connectivity index (χ4v) is 4.10. The predicted molar refractivity (Wildman–Crippen MR) is 73.6 cm³/mol. The molecule has 1 fully saturated rings. The summed E-state index contributed by atoms with van der Waals surface area (Å²) in [5.74, 6) is 0.958. The van der Waals surface area contributed by atoms with Gasteiger partial charge in [0.1, 0.15) is 5.75 Å². The van der Waals surface area contributed by atoms with Gasteiger partial charge < -0.3 is 15.2 Å². The molecule has 1 heterocycles. The van der Waals surface area contributed by atoms with Crippen LogP contribution in [-0.4, -0.2) is 13.3 Å². The lowest BCUT2D eigenvalue weighted by Gasteiger charge is -2.33.